The molecule has 1 atom stereocenters. The van der Waals surface area contributed by atoms with E-state index in [1.165, 1.54) is 0 Å². The van der Waals surface area contributed by atoms with E-state index in [2.05, 4.69) is 41.2 Å². The molecule has 1 aliphatic heterocycles. The number of aliphatic hydroxyl groups excluding tert-OH is 1. The minimum absolute atomic E-state index is 0.0968. The summed E-state index contributed by atoms with van der Waals surface area (Å²) in [5.41, 5.74) is 0. The van der Waals surface area contributed by atoms with Crippen LogP contribution in [0.25, 0.3) is 0 Å². The van der Waals surface area contributed by atoms with Crippen molar-refractivity contribution in [1.82, 2.24) is 20.4 Å². The SMILES string of the molecule is CCNC(=NCC(CCO)CC(C)C)N1CCN(CC(=O)NC(C)C)CC1. The van der Waals surface area contributed by atoms with Crippen LogP contribution in [-0.2, 0) is 4.79 Å². The molecule has 0 bridgehead atoms. The van der Waals surface area contributed by atoms with Crippen LogP contribution in [-0.4, -0.2) is 85.2 Å². The molecule has 0 saturated carbocycles. The number of aliphatic hydroxyl groups is 1. The first-order valence-electron chi connectivity index (χ1n) is 10.5. The number of aliphatic imine (C=N–C) groups is 1. The molecule has 0 aromatic carbocycles. The van der Waals surface area contributed by atoms with Gasteiger partial charge in [0.05, 0.1) is 6.54 Å². The Bertz CT molecular complexity index is 446. The van der Waals surface area contributed by atoms with Crippen LogP contribution in [0.2, 0.25) is 0 Å². The Morgan fingerprint density at radius 2 is 1.81 bits per heavy atom. The van der Waals surface area contributed by atoms with E-state index in [1.54, 1.807) is 0 Å². The summed E-state index contributed by atoms with van der Waals surface area (Å²) in [6.45, 7) is 16.2. The van der Waals surface area contributed by atoms with Gasteiger partial charge in [-0.1, -0.05) is 13.8 Å². The third-order valence-corrected chi connectivity index (χ3v) is 4.66. The molecule has 1 saturated heterocycles. The minimum Gasteiger partial charge on any atom is -0.396 e. The van der Waals surface area contributed by atoms with Gasteiger partial charge in [0, 0.05) is 51.9 Å². The summed E-state index contributed by atoms with van der Waals surface area (Å²) in [7, 11) is 0. The predicted molar refractivity (Wildman–Crippen MR) is 112 cm³/mol. The van der Waals surface area contributed by atoms with E-state index >= 15 is 0 Å². The van der Waals surface area contributed by atoms with Crippen LogP contribution in [0, 0.1) is 11.8 Å². The van der Waals surface area contributed by atoms with E-state index in [1.807, 2.05) is 13.8 Å². The van der Waals surface area contributed by atoms with Gasteiger partial charge in [-0.3, -0.25) is 14.7 Å². The van der Waals surface area contributed by atoms with Gasteiger partial charge in [0.25, 0.3) is 0 Å². The van der Waals surface area contributed by atoms with Gasteiger partial charge in [-0.05, 0) is 45.4 Å². The third-order valence-electron chi connectivity index (χ3n) is 4.66. The number of guanidine groups is 1. The van der Waals surface area contributed by atoms with Crippen molar-refractivity contribution in [2.24, 2.45) is 16.8 Å². The first kappa shape index (κ1) is 23.7. The minimum atomic E-state index is 0.0968. The maximum atomic E-state index is 11.9. The predicted octanol–water partition coefficient (Wildman–Crippen LogP) is 1.14. The summed E-state index contributed by atoms with van der Waals surface area (Å²) in [6, 6.07) is 0.184. The van der Waals surface area contributed by atoms with E-state index in [9.17, 15) is 9.90 Å². The zero-order valence-corrected chi connectivity index (χ0v) is 18.0. The molecule has 1 rings (SSSR count). The van der Waals surface area contributed by atoms with E-state index in [-0.39, 0.29) is 18.6 Å². The van der Waals surface area contributed by atoms with Crippen molar-refractivity contribution >= 4 is 11.9 Å². The van der Waals surface area contributed by atoms with Gasteiger partial charge in [-0.15, -0.1) is 0 Å². The van der Waals surface area contributed by atoms with Crippen molar-refractivity contribution in [3.63, 3.8) is 0 Å². The highest BCUT2D eigenvalue weighted by molar-refractivity contribution is 5.80. The molecule has 0 aromatic rings. The van der Waals surface area contributed by atoms with Crippen LogP contribution >= 0.6 is 0 Å². The van der Waals surface area contributed by atoms with Gasteiger partial charge in [0.15, 0.2) is 5.96 Å². The average molecular weight is 384 g/mol. The fourth-order valence-corrected chi connectivity index (χ4v) is 3.46. The Morgan fingerprint density at radius 3 is 2.33 bits per heavy atom. The zero-order valence-electron chi connectivity index (χ0n) is 18.0. The van der Waals surface area contributed by atoms with E-state index in [0.29, 0.717) is 18.4 Å². The van der Waals surface area contributed by atoms with Crippen molar-refractivity contribution in [2.75, 3.05) is 52.4 Å². The summed E-state index contributed by atoms with van der Waals surface area (Å²) in [6.07, 6.45) is 1.89. The molecule has 27 heavy (non-hydrogen) atoms. The molecule has 0 radical (unpaired) electrons. The maximum absolute atomic E-state index is 11.9. The third kappa shape index (κ3) is 9.96. The lowest BCUT2D eigenvalue weighted by Gasteiger charge is -2.36. The maximum Gasteiger partial charge on any atom is 0.234 e. The number of piperazine rings is 1. The van der Waals surface area contributed by atoms with Crippen molar-refractivity contribution in [3.05, 3.63) is 0 Å². The fraction of sp³-hybridized carbons (Fsp3) is 0.900. The van der Waals surface area contributed by atoms with Gasteiger partial charge in [-0.2, -0.15) is 0 Å². The fourth-order valence-electron chi connectivity index (χ4n) is 3.46. The molecule has 1 aliphatic rings. The molecule has 3 N–H and O–H groups in total. The largest absolute Gasteiger partial charge is 0.396 e. The van der Waals surface area contributed by atoms with Crippen molar-refractivity contribution < 1.29 is 9.90 Å². The zero-order chi connectivity index (χ0) is 20.2. The summed E-state index contributed by atoms with van der Waals surface area (Å²) in [5.74, 6) is 2.08. The molecule has 0 spiro atoms. The van der Waals surface area contributed by atoms with Crippen LogP contribution in [0.4, 0.5) is 0 Å². The highest BCUT2D eigenvalue weighted by Crippen LogP contribution is 2.16. The number of carbonyl (C=O) groups is 1. The summed E-state index contributed by atoms with van der Waals surface area (Å²) < 4.78 is 0. The molecule has 1 fully saturated rings. The van der Waals surface area contributed by atoms with Gasteiger partial charge < -0.3 is 20.6 Å². The molecule has 0 aliphatic carbocycles. The van der Waals surface area contributed by atoms with Crippen molar-refractivity contribution in [1.29, 1.82) is 0 Å². The number of nitrogens with zero attached hydrogens (tertiary/aromatic N) is 3. The molecule has 7 heteroatoms. The molecule has 0 aromatic heterocycles. The molecular formula is C20H41N5O2. The second kappa shape index (κ2) is 12.9. The Morgan fingerprint density at radius 1 is 1.15 bits per heavy atom. The lowest BCUT2D eigenvalue weighted by Crippen LogP contribution is -2.54. The number of nitrogens with one attached hydrogen (secondary N) is 2. The quantitative estimate of drug-likeness (QED) is 0.389. The topological polar surface area (TPSA) is 80.2 Å². The van der Waals surface area contributed by atoms with Crippen molar-refractivity contribution in [2.45, 2.75) is 53.5 Å². The van der Waals surface area contributed by atoms with E-state index < -0.39 is 0 Å². The summed E-state index contributed by atoms with van der Waals surface area (Å²) >= 11 is 0. The lowest BCUT2D eigenvalue weighted by atomic mass is 9.94. The van der Waals surface area contributed by atoms with Crippen LogP contribution in [0.1, 0.15) is 47.5 Å². The highest BCUT2D eigenvalue weighted by Gasteiger charge is 2.21. The van der Waals surface area contributed by atoms with Gasteiger partial charge >= 0.3 is 0 Å². The molecule has 7 nitrogen and oxygen atoms in total. The number of carbonyl (C=O) groups excluding carboxylic acids is 1. The lowest BCUT2D eigenvalue weighted by molar-refractivity contribution is -0.123. The summed E-state index contributed by atoms with van der Waals surface area (Å²) in [5, 5.41) is 15.7. The summed E-state index contributed by atoms with van der Waals surface area (Å²) in [4.78, 5) is 21.3. The standard InChI is InChI=1S/C20H41N5O2/c1-6-21-20(22-14-18(7-12-26)13-16(2)3)25-10-8-24(9-11-25)15-19(27)23-17(4)5/h16-18,26H,6-15H2,1-5H3,(H,21,22)(H,23,27). The second-order valence-corrected chi connectivity index (χ2v) is 8.19. The monoisotopic (exact) mass is 383 g/mol. The Kier molecular flexibility index (Phi) is 11.4. The van der Waals surface area contributed by atoms with Crippen molar-refractivity contribution in [3.8, 4) is 0 Å². The molecule has 1 amide bonds. The normalized spacial score (nSPS) is 17.5. The first-order chi connectivity index (χ1) is 12.8. The first-order valence-corrected chi connectivity index (χ1v) is 10.5. The average Bonchev–Trinajstić information content (AvgIpc) is 2.58. The van der Waals surface area contributed by atoms with E-state index in [4.69, 9.17) is 4.99 Å². The number of hydrogen-bond donors (Lipinski definition) is 3. The molecule has 1 unspecified atom stereocenters. The Hall–Kier alpha value is -1.34. The van der Waals surface area contributed by atoms with Crippen LogP contribution in [0.3, 0.4) is 0 Å². The van der Waals surface area contributed by atoms with Gasteiger partial charge in [0.1, 0.15) is 0 Å². The molecule has 1 heterocycles. The van der Waals surface area contributed by atoms with Crippen LogP contribution in [0.5, 0.6) is 0 Å². The van der Waals surface area contributed by atoms with Crippen LogP contribution < -0.4 is 10.6 Å². The van der Waals surface area contributed by atoms with E-state index in [0.717, 1.165) is 58.1 Å². The second-order valence-electron chi connectivity index (χ2n) is 8.19. The number of hydrogen-bond acceptors (Lipinski definition) is 4. The number of rotatable bonds is 10. The molecule has 158 valence electrons. The Labute approximate surface area is 165 Å². The van der Waals surface area contributed by atoms with Gasteiger partial charge in [-0.25, -0.2) is 0 Å². The Balaban J connectivity index is 2.56. The highest BCUT2D eigenvalue weighted by atomic mass is 16.3. The smallest absolute Gasteiger partial charge is 0.234 e. The number of amides is 1. The van der Waals surface area contributed by atoms with Gasteiger partial charge in [0.2, 0.25) is 5.91 Å². The molecular weight excluding hydrogens is 342 g/mol. The van der Waals surface area contributed by atoms with Crippen LogP contribution in [0.15, 0.2) is 4.99 Å².